The molecule has 11 nitrogen and oxygen atoms in total. The van der Waals surface area contributed by atoms with Crippen molar-refractivity contribution in [1.29, 1.82) is 0 Å². The van der Waals surface area contributed by atoms with E-state index in [0.29, 0.717) is 35.6 Å². The topological polar surface area (TPSA) is 111 Å². The highest BCUT2D eigenvalue weighted by atomic mass is 35.5. The highest BCUT2D eigenvalue weighted by molar-refractivity contribution is 7.99. The van der Waals surface area contributed by atoms with Gasteiger partial charge in [0.25, 0.3) is 0 Å². The highest BCUT2D eigenvalue weighted by Gasteiger charge is 2.23. The van der Waals surface area contributed by atoms with Crippen molar-refractivity contribution in [2.45, 2.75) is 11.7 Å². The lowest BCUT2D eigenvalue weighted by atomic mass is 10.3. The molecule has 0 saturated carbocycles. The van der Waals surface area contributed by atoms with E-state index in [1.807, 2.05) is 29.2 Å². The Morgan fingerprint density at radius 1 is 1.07 bits per heavy atom. The Kier molecular flexibility index (Phi) is 6.02. The standard InChI is InChI=1S/C16H19ClN10OS/c1-24-16(19-21-22-24)29-11-15(28)26-8-6-25(7-9-26)10-14-18-20-23-27(14)13-4-2-12(17)3-5-13/h2-5H,6-11H2,1H3. The maximum atomic E-state index is 12.5. The van der Waals surface area contributed by atoms with Crippen LogP contribution in [0.5, 0.6) is 0 Å². The molecule has 0 bridgehead atoms. The largest absolute Gasteiger partial charge is 0.339 e. The molecule has 2 aromatic heterocycles. The van der Waals surface area contributed by atoms with Gasteiger partial charge in [0, 0.05) is 38.2 Å². The van der Waals surface area contributed by atoms with Crippen LogP contribution in [0.25, 0.3) is 5.69 Å². The maximum Gasteiger partial charge on any atom is 0.233 e. The summed E-state index contributed by atoms with van der Waals surface area (Å²) in [4.78, 5) is 16.6. The molecular weight excluding hydrogens is 416 g/mol. The number of carbonyl (C=O) groups is 1. The van der Waals surface area contributed by atoms with Crippen LogP contribution in [0.4, 0.5) is 0 Å². The van der Waals surface area contributed by atoms with Gasteiger partial charge in [0.2, 0.25) is 11.1 Å². The van der Waals surface area contributed by atoms with Gasteiger partial charge in [0.1, 0.15) is 0 Å². The Balaban J connectivity index is 1.29. The monoisotopic (exact) mass is 434 g/mol. The summed E-state index contributed by atoms with van der Waals surface area (Å²) in [6.45, 7) is 3.46. The van der Waals surface area contributed by atoms with Gasteiger partial charge in [-0.05, 0) is 45.1 Å². The number of thioether (sulfide) groups is 1. The number of rotatable bonds is 6. The van der Waals surface area contributed by atoms with Crippen molar-refractivity contribution in [2.75, 3.05) is 31.9 Å². The summed E-state index contributed by atoms with van der Waals surface area (Å²) in [6, 6.07) is 7.37. The van der Waals surface area contributed by atoms with Crippen molar-refractivity contribution in [1.82, 2.24) is 50.2 Å². The van der Waals surface area contributed by atoms with E-state index in [9.17, 15) is 4.79 Å². The highest BCUT2D eigenvalue weighted by Crippen LogP contribution is 2.16. The average Bonchev–Trinajstić information content (AvgIpc) is 3.36. The second kappa shape index (κ2) is 8.84. The third-order valence-corrected chi connectivity index (χ3v) is 5.85. The van der Waals surface area contributed by atoms with Crippen LogP contribution in [-0.4, -0.2) is 88.1 Å². The first-order valence-electron chi connectivity index (χ1n) is 8.98. The predicted octanol–water partition coefficient (Wildman–Crippen LogP) is 0.276. The van der Waals surface area contributed by atoms with Crippen LogP contribution < -0.4 is 0 Å². The summed E-state index contributed by atoms with van der Waals surface area (Å²) in [7, 11) is 1.75. The molecule has 4 rings (SSSR count). The number of hydrogen-bond acceptors (Lipinski definition) is 9. The lowest BCUT2D eigenvalue weighted by Crippen LogP contribution is -2.49. The minimum Gasteiger partial charge on any atom is -0.339 e. The number of aromatic nitrogens is 8. The first kappa shape index (κ1) is 19.7. The molecular formula is C16H19ClN10OS. The molecule has 1 fully saturated rings. The third kappa shape index (κ3) is 4.71. The Morgan fingerprint density at radius 2 is 1.79 bits per heavy atom. The van der Waals surface area contributed by atoms with E-state index in [4.69, 9.17) is 11.6 Å². The molecule has 0 spiro atoms. The van der Waals surface area contributed by atoms with E-state index in [1.54, 1.807) is 16.4 Å². The number of nitrogens with zero attached hydrogens (tertiary/aromatic N) is 10. The molecule has 152 valence electrons. The molecule has 1 aliphatic heterocycles. The Morgan fingerprint density at radius 3 is 2.48 bits per heavy atom. The summed E-state index contributed by atoms with van der Waals surface area (Å²) in [6.07, 6.45) is 0. The molecule has 3 aromatic rings. The van der Waals surface area contributed by atoms with Crippen molar-refractivity contribution in [3.63, 3.8) is 0 Å². The van der Waals surface area contributed by atoms with E-state index >= 15 is 0 Å². The number of aryl methyl sites for hydroxylation is 1. The fourth-order valence-electron chi connectivity index (χ4n) is 3.00. The van der Waals surface area contributed by atoms with Crippen molar-refractivity contribution in [3.8, 4) is 5.69 Å². The van der Waals surface area contributed by atoms with E-state index in [2.05, 4.69) is 36.0 Å². The van der Waals surface area contributed by atoms with Gasteiger partial charge in [-0.3, -0.25) is 9.69 Å². The van der Waals surface area contributed by atoms with Crippen LogP contribution in [0.3, 0.4) is 0 Å². The van der Waals surface area contributed by atoms with Crippen molar-refractivity contribution >= 4 is 29.3 Å². The van der Waals surface area contributed by atoms with Crippen molar-refractivity contribution < 1.29 is 4.79 Å². The normalized spacial score (nSPS) is 15.0. The molecule has 0 radical (unpaired) electrons. The van der Waals surface area contributed by atoms with E-state index < -0.39 is 0 Å². The van der Waals surface area contributed by atoms with Crippen LogP contribution in [0.15, 0.2) is 29.4 Å². The average molecular weight is 435 g/mol. The first-order valence-corrected chi connectivity index (χ1v) is 10.3. The van der Waals surface area contributed by atoms with Gasteiger partial charge in [-0.25, -0.2) is 4.68 Å². The molecule has 0 unspecified atom stereocenters. The fraction of sp³-hybridized carbons (Fsp3) is 0.438. The zero-order valence-electron chi connectivity index (χ0n) is 15.7. The number of piperazine rings is 1. The lowest BCUT2D eigenvalue weighted by Gasteiger charge is -2.34. The molecule has 1 aliphatic rings. The smallest absolute Gasteiger partial charge is 0.233 e. The summed E-state index contributed by atoms with van der Waals surface area (Å²) < 4.78 is 3.26. The van der Waals surface area contributed by atoms with Crippen LogP contribution in [0.2, 0.25) is 5.02 Å². The van der Waals surface area contributed by atoms with Crippen LogP contribution in [-0.2, 0) is 18.4 Å². The van der Waals surface area contributed by atoms with E-state index in [-0.39, 0.29) is 5.91 Å². The van der Waals surface area contributed by atoms with E-state index in [0.717, 1.165) is 24.6 Å². The van der Waals surface area contributed by atoms with Gasteiger partial charge in [0.05, 0.1) is 18.0 Å². The Bertz CT molecular complexity index is 966. The quantitative estimate of drug-likeness (QED) is 0.505. The zero-order chi connectivity index (χ0) is 20.2. The molecule has 13 heteroatoms. The van der Waals surface area contributed by atoms with Gasteiger partial charge in [-0.2, -0.15) is 4.68 Å². The number of carbonyl (C=O) groups excluding carboxylic acids is 1. The van der Waals surface area contributed by atoms with Crippen LogP contribution in [0, 0.1) is 0 Å². The summed E-state index contributed by atoms with van der Waals surface area (Å²) >= 11 is 7.30. The molecule has 3 heterocycles. The van der Waals surface area contributed by atoms with E-state index in [1.165, 1.54) is 11.8 Å². The predicted molar refractivity (Wildman–Crippen MR) is 106 cm³/mol. The van der Waals surface area contributed by atoms with Crippen LogP contribution >= 0.6 is 23.4 Å². The number of amides is 1. The number of halogens is 1. The Hall–Kier alpha value is -2.57. The number of benzene rings is 1. The summed E-state index contributed by atoms with van der Waals surface area (Å²) in [5.41, 5.74) is 0.860. The Labute approximate surface area is 176 Å². The SMILES string of the molecule is Cn1nnnc1SCC(=O)N1CCN(Cc2nnnn2-c2ccc(Cl)cc2)CC1. The molecule has 0 atom stereocenters. The van der Waals surface area contributed by atoms with Gasteiger partial charge in [-0.15, -0.1) is 10.2 Å². The summed E-state index contributed by atoms with van der Waals surface area (Å²) in [5.74, 6) is 1.16. The maximum absolute atomic E-state index is 12.5. The molecule has 1 amide bonds. The second-order valence-electron chi connectivity index (χ2n) is 6.51. The lowest BCUT2D eigenvalue weighted by molar-refractivity contribution is -0.130. The molecule has 1 saturated heterocycles. The van der Waals surface area contributed by atoms with Crippen LogP contribution in [0.1, 0.15) is 5.82 Å². The zero-order valence-corrected chi connectivity index (χ0v) is 17.3. The first-order chi connectivity index (χ1) is 14.1. The molecule has 0 N–H and O–H groups in total. The minimum absolute atomic E-state index is 0.0867. The third-order valence-electron chi connectivity index (χ3n) is 4.60. The van der Waals surface area contributed by atoms with Gasteiger partial charge in [-0.1, -0.05) is 23.4 Å². The summed E-state index contributed by atoms with van der Waals surface area (Å²) in [5, 5.41) is 24.6. The number of tetrazole rings is 2. The van der Waals surface area contributed by atoms with Gasteiger partial charge >= 0.3 is 0 Å². The van der Waals surface area contributed by atoms with Crippen molar-refractivity contribution in [3.05, 3.63) is 35.1 Å². The van der Waals surface area contributed by atoms with Gasteiger partial charge < -0.3 is 4.90 Å². The molecule has 1 aromatic carbocycles. The minimum atomic E-state index is 0.0867. The van der Waals surface area contributed by atoms with Gasteiger partial charge in [0.15, 0.2) is 5.82 Å². The fourth-order valence-corrected chi connectivity index (χ4v) is 3.88. The molecule has 29 heavy (non-hydrogen) atoms. The second-order valence-corrected chi connectivity index (χ2v) is 7.89. The molecule has 0 aliphatic carbocycles. The van der Waals surface area contributed by atoms with Crippen molar-refractivity contribution in [2.24, 2.45) is 7.05 Å². The number of hydrogen-bond donors (Lipinski definition) is 0.